The second-order valence-corrected chi connectivity index (χ2v) is 12.5. The van der Waals surface area contributed by atoms with Gasteiger partial charge in [0.05, 0.1) is 12.5 Å². The van der Waals surface area contributed by atoms with Crippen molar-refractivity contribution in [2.45, 2.75) is 155 Å². The third-order valence-electron chi connectivity index (χ3n) is 8.24. The van der Waals surface area contributed by atoms with E-state index >= 15 is 0 Å². The molecule has 1 aliphatic carbocycles. The fourth-order valence-corrected chi connectivity index (χ4v) is 5.54. The minimum atomic E-state index is -0.139. The number of esters is 2. The van der Waals surface area contributed by atoms with Crippen molar-refractivity contribution >= 4 is 17.7 Å². The third kappa shape index (κ3) is 20.8. The van der Waals surface area contributed by atoms with Crippen LogP contribution in [0.4, 0.5) is 0 Å². The molecule has 0 saturated heterocycles. The Balaban J connectivity index is 2.25. The molecule has 0 heterocycles. The lowest BCUT2D eigenvalue weighted by Gasteiger charge is -2.18. The van der Waals surface area contributed by atoms with Gasteiger partial charge in [-0.15, -0.1) is 0 Å². The lowest BCUT2D eigenvalue weighted by molar-refractivity contribution is -0.150. The number of carbonyl (C=O) groups excluding carboxylic acids is 3. The molecule has 1 saturated carbocycles. The highest BCUT2D eigenvalue weighted by Crippen LogP contribution is 2.32. The Labute approximate surface area is 252 Å². The summed E-state index contributed by atoms with van der Waals surface area (Å²) in [5, 5.41) is 0. The van der Waals surface area contributed by atoms with Crippen molar-refractivity contribution in [1.82, 2.24) is 4.90 Å². The minimum Gasteiger partial charge on any atom is -0.465 e. The van der Waals surface area contributed by atoms with Crippen LogP contribution in [0.15, 0.2) is 12.2 Å². The maximum atomic E-state index is 12.6. The van der Waals surface area contributed by atoms with Crippen molar-refractivity contribution < 1.29 is 23.9 Å². The number of ether oxygens (including phenoxy) is 2. The molecule has 0 aromatic heterocycles. The molecule has 0 unspecified atom stereocenters. The van der Waals surface area contributed by atoms with E-state index in [0.717, 1.165) is 51.5 Å². The van der Waals surface area contributed by atoms with Crippen LogP contribution in [0.25, 0.3) is 0 Å². The monoisotopic (exact) mass is 577 g/mol. The molecule has 0 N–H and O–H groups in total. The second kappa shape index (κ2) is 24.9. The molecule has 0 spiro atoms. The molecule has 2 atom stereocenters. The molecule has 41 heavy (non-hydrogen) atoms. The van der Waals surface area contributed by atoms with Gasteiger partial charge in [-0.25, -0.2) is 0 Å². The SMILES string of the molecule is CCCCCCCCC(CCCCCCCC)OC(=O)CCCCOC(=O)[C@H]1CC[C@@H](C=CC(=O)CCN(C)C)C1. The van der Waals surface area contributed by atoms with E-state index in [1.807, 2.05) is 25.1 Å². The van der Waals surface area contributed by atoms with Gasteiger partial charge in [0, 0.05) is 19.4 Å². The Morgan fingerprint density at radius 2 is 1.39 bits per heavy atom. The van der Waals surface area contributed by atoms with Crippen LogP contribution in [-0.2, 0) is 23.9 Å². The zero-order valence-corrected chi connectivity index (χ0v) is 27.1. The summed E-state index contributed by atoms with van der Waals surface area (Å²) in [6.45, 7) is 5.58. The highest BCUT2D eigenvalue weighted by Gasteiger charge is 2.29. The van der Waals surface area contributed by atoms with E-state index in [4.69, 9.17) is 9.47 Å². The Morgan fingerprint density at radius 3 is 2.00 bits per heavy atom. The van der Waals surface area contributed by atoms with E-state index in [1.54, 1.807) is 6.08 Å². The molecule has 238 valence electrons. The number of rotatable bonds is 26. The third-order valence-corrected chi connectivity index (χ3v) is 8.24. The molecule has 6 heteroatoms. The molecule has 0 radical (unpaired) electrons. The van der Waals surface area contributed by atoms with Crippen molar-refractivity contribution in [2.24, 2.45) is 11.8 Å². The van der Waals surface area contributed by atoms with E-state index in [-0.39, 0.29) is 35.7 Å². The first-order chi connectivity index (χ1) is 19.8. The molecule has 6 nitrogen and oxygen atoms in total. The molecule has 0 aromatic rings. The van der Waals surface area contributed by atoms with Gasteiger partial charge >= 0.3 is 11.9 Å². The van der Waals surface area contributed by atoms with Crippen LogP contribution in [0, 0.1) is 11.8 Å². The number of allylic oxidation sites excluding steroid dienone is 2. The lowest BCUT2D eigenvalue weighted by atomic mass is 10.0. The van der Waals surface area contributed by atoms with Crippen LogP contribution in [0.5, 0.6) is 0 Å². The van der Waals surface area contributed by atoms with Crippen LogP contribution in [0.1, 0.15) is 149 Å². The summed E-state index contributed by atoms with van der Waals surface area (Å²) in [6.07, 6.45) is 25.4. The molecule has 0 aliphatic heterocycles. The van der Waals surface area contributed by atoms with Crippen molar-refractivity contribution in [1.29, 1.82) is 0 Å². The average molecular weight is 578 g/mol. The van der Waals surface area contributed by atoms with E-state index < -0.39 is 0 Å². The predicted octanol–water partition coefficient (Wildman–Crippen LogP) is 8.61. The largest absolute Gasteiger partial charge is 0.465 e. The van der Waals surface area contributed by atoms with Gasteiger partial charge in [0.1, 0.15) is 6.10 Å². The summed E-state index contributed by atoms with van der Waals surface area (Å²) < 4.78 is 11.4. The molecule has 0 amide bonds. The first-order valence-electron chi connectivity index (χ1n) is 17.1. The normalized spacial score (nSPS) is 17.1. The van der Waals surface area contributed by atoms with E-state index in [9.17, 15) is 14.4 Å². The quantitative estimate of drug-likeness (QED) is 0.0582. The van der Waals surface area contributed by atoms with Crippen LogP contribution in [-0.4, -0.2) is 56.0 Å². The van der Waals surface area contributed by atoms with Crippen molar-refractivity contribution in [3.05, 3.63) is 12.2 Å². The molecule has 1 aliphatic rings. The number of ketones is 1. The number of hydrogen-bond donors (Lipinski definition) is 0. The minimum absolute atomic E-state index is 0.0466. The summed E-state index contributed by atoms with van der Waals surface area (Å²) in [5.74, 6) is 0.0750. The topological polar surface area (TPSA) is 72.9 Å². The van der Waals surface area contributed by atoms with E-state index in [0.29, 0.717) is 32.3 Å². The smallest absolute Gasteiger partial charge is 0.308 e. The Kier molecular flexibility index (Phi) is 22.6. The molecule has 1 fully saturated rings. The summed E-state index contributed by atoms with van der Waals surface area (Å²) in [6, 6.07) is 0. The Bertz CT molecular complexity index is 703. The zero-order valence-electron chi connectivity index (χ0n) is 27.1. The number of hydrogen-bond acceptors (Lipinski definition) is 6. The molecule has 0 aromatic carbocycles. The highest BCUT2D eigenvalue weighted by atomic mass is 16.5. The number of carbonyl (C=O) groups is 3. The summed E-state index contributed by atoms with van der Waals surface area (Å²) in [7, 11) is 3.92. The Hall–Kier alpha value is -1.69. The van der Waals surface area contributed by atoms with Crippen LogP contribution in [0.3, 0.4) is 0 Å². The van der Waals surface area contributed by atoms with E-state index in [2.05, 4.69) is 13.8 Å². The first-order valence-corrected chi connectivity index (χ1v) is 17.1. The zero-order chi connectivity index (χ0) is 30.1. The Morgan fingerprint density at radius 1 is 0.780 bits per heavy atom. The lowest BCUT2D eigenvalue weighted by Crippen LogP contribution is -2.19. The summed E-state index contributed by atoms with van der Waals surface area (Å²) in [5.41, 5.74) is 0. The highest BCUT2D eigenvalue weighted by molar-refractivity contribution is 5.89. The van der Waals surface area contributed by atoms with Crippen LogP contribution in [0.2, 0.25) is 0 Å². The van der Waals surface area contributed by atoms with Crippen molar-refractivity contribution in [3.8, 4) is 0 Å². The molecular formula is C35H63NO5. The van der Waals surface area contributed by atoms with Crippen molar-refractivity contribution in [3.63, 3.8) is 0 Å². The van der Waals surface area contributed by atoms with Gasteiger partial charge in [0.2, 0.25) is 0 Å². The predicted molar refractivity (Wildman–Crippen MR) is 169 cm³/mol. The summed E-state index contributed by atoms with van der Waals surface area (Å²) in [4.78, 5) is 39.0. The maximum absolute atomic E-state index is 12.6. The maximum Gasteiger partial charge on any atom is 0.308 e. The fourth-order valence-electron chi connectivity index (χ4n) is 5.54. The van der Waals surface area contributed by atoms with Gasteiger partial charge in [-0.05, 0) is 83.9 Å². The van der Waals surface area contributed by atoms with Gasteiger partial charge < -0.3 is 14.4 Å². The van der Waals surface area contributed by atoms with Gasteiger partial charge in [-0.1, -0.05) is 84.1 Å². The van der Waals surface area contributed by atoms with Gasteiger partial charge in [0.15, 0.2) is 5.78 Å². The van der Waals surface area contributed by atoms with Crippen LogP contribution >= 0.6 is 0 Å². The van der Waals surface area contributed by atoms with Gasteiger partial charge in [0.25, 0.3) is 0 Å². The standard InChI is InChI=1S/C35H63NO5/c1-5-7-9-11-13-15-19-33(20-16-14-12-10-8-6-2)41-34(38)21-17-18-28-40-35(39)31-24-22-30(29-31)23-25-32(37)26-27-36(3)4/h23,25,30-31,33H,5-22,24,26-29H2,1-4H3/t30-,31-/m0/s1. The van der Waals surface area contributed by atoms with Gasteiger partial charge in [-0.3, -0.25) is 14.4 Å². The van der Waals surface area contributed by atoms with Crippen LogP contribution < -0.4 is 0 Å². The number of unbranched alkanes of at least 4 members (excludes halogenated alkanes) is 11. The molecule has 0 bridgehead atoms. The number of nitrogens with zero attached hydrogens (tertiary/aromatic N) is 1. The summed E-state index contributed by atoms with van der Waals surface area (Å²) >= 11 is 0. The average Bonchev–Trinajstić information content (AvgIpc) is 3.43. The molecular weight excluding hydrogens is 514 g/mol. The van der Waals surface area contributed by atoms with Gasteiger partial charge in [-0.2, -0.15) is 0 Å². The first kappa shape index (κ1) is 37.3. The fraction of sp³-hybridized carbons (Fsp3) is 0.857. The van der Waals surface area contributed by atoms with Crippen molar-refractivity contribution in [2.75, 3.05) is 27.2 Å². The van der Waals surface area contributed by atoms with E-state index in [1.165, 1.54) is 64.2 Å². The molecule has 1 rings (SSSR count). The second-order valence-electron chi connectivity index (χ2n) is 12.5.